The summed E-state index contributed by atoms with van der Waals surface area (Å²) in [5.74, 6) is -0.563. The fraction of sp³-hybridized carbons (Fsp3) is 0.300. The van der Waals surface area contributed by atoms with Gasteiger partial charge >= 0.3 is 5.97 Å². The number of thioether (sulfide) groups is 1. The van der Waals surface area contributed by atoms with E-state index in [2.05, 4.69) is 4.72 Å². The molecule has 0 aliphatic carbocycles. The maximum atomic E-state index is 12.6. The Bertz CT molecular complexity index is 885. The maximum Gasteiger partial charge on any atom is 0.324 e. The fourth-order valence-electron chi connectivity index (χ4n) is 2.46. The summed E-state index contributed by atoms with van der Waals surface area (Å²) in [5.41, 5.74) is 0.424. The third-order valence-electron chi connectivity index (χ3n) is 3.97. The lowest BCUT2D eigenvalue weighted by molar-refractivity contribution is -0.148. The molecule has 0 aromatic heterocycles. The molecule has 6 nitrogen and oxygen atoms in total. The number of ketones is 1. The minimum Gasteiger partial charge on any atom is -0.453 e. The van der Waals surface area contributed by atoms with Gasteiger partial charge in [0, 0.05) is 5.56 Å². The molecule has 150 valence electrons. The third kappa shape index (κ3) is 6.19. The van der Waals surface area contributed by atoms with Crippen molar-refractivity contribution in [1.29, 1.82) is 0 Å². The molecular formula is C20H23NO5S2. The summed E-state index contributed by atoms with van der Waals surface area (Å²) in [6.07, 6.45) is 1.08. The van der Waals surface area contributed by atoms with Crippen molar-refractivity contribution in [3.8, 4) is 0 Å². The standard InChI is InChI=1S/C20H23NO5S2/c1-15(19(22)16-9-5-3-6-10-16)26-20(23)18(13-14-27-2)21-28(24,25)17-11-7-4-8-12-17/h3-12,15,18,21H,13-14H2,1-2H3. The van der Waals surface area contributed by atoms with E-state index in [1.54, 1.807) is 48.5 Å². The first kappa shape index (κ1) is 22.1. The molecule has 0 aliphatic heterocycles. The number of esters is 1. The lowest BCUT2D eigenvalue weighted by Gasteiger charge is -2.20. The van der Waals surface area contributed by atoms with Crippen molar-refractivity contribution in [3.63, 3.8) is 0 Å². The van der Waals surface area contributed by atoms with Crippen LogP contribution in [-0.2, 0) is 19.6 Å². The molecule has 0 aliphatic rings. The molecule has 1 N–H and O–H groups in total. The largest absolute Gasteiger partial charge is 0.453 e. The molecular weight excluding hydrogens is 398 g/mol. The van der Waals surface area contributed by atoms with E-state index >= 15 is 0 Å². The van der Waals surface area contributed by atoms with Crippen LogP contribution in [0.2, 0.25) is 0 Å². The smallest absolute Gasteiger partial charge is 0.324 e. The van der Waals surface area contributed by atoms with Gasteiger partial charge in [0.1, 0.15) is 6.04 Å². The van der Waals surface area contributed by atoms with E-state index < -0.39 is 28.1 Å². The minimum absolute atomic E-state index is 0.0605. The van der Waals surface area contributed by atoms with Crippen LogP contribution in [0, 0.1) is 0 Å². The van der Waals surface area contributed by atoms with Gasteiger partial charge in [-0.2, -0.15) is 16.5 Å². The molecule has 8 heteroatoms. The van der Waals surface area contributed by atoms with Crippen molar-refractivity contribution in [3.05, 3.63) is 66.2 Å². The summed E-state index contributed by atoms with van der Waals surface area (Å²) >= 11 is 1.48. The van der Waals surface area contributed by atoms with E-state index in [0.717, 1.165) is 0 Å². The number of rotatable bonds is 10. The number of hydrogen-bond donors (Lipinski definition) is 1. The molecule has 2 unspecified atom stereocenters. The molecule has 2 atom stereocenters. The zero-order chi connectivity index (χ0) is 20.6. The highest BCUT2D eigenvalue weighted by Gasteiger charge is 2.29. The number of carbonyl (C=O) groups is 2. The lowest BCUT2D eigenvalue weighted by atomic mass is 10.1. The first-order valence-electron chi connectivity index (χ1n) is 8.71. The van der Waals surface area contributed by atoms with Crippen molar-refractivity contribution >= 4 is 33.5 Å². The minimum atomic E-state index is -3.89. The summed E-state index contributed by atoms with van der Waals surface area (Å²) < 4.78 is 32.8. The van der Waals surface area contributed by atoms with Crippen molar-refractivity contribution in [2.45, 2.75) is 30.4 Å². The van der Waals surface area contributed by atoms with Crippen LogP contribution in [0.4, 0.5) is 0 Å². The Balaban J connectivity index is 2.11. The molecule has 2 aromatic carbocycles. The molecule has 0 saturated heterocycles. The van der Waals surface area contributed by atoms with Gasteiger partial charge in [0.25, 0.3) is 0 Å². The summed E-state index contributed by atoms with van der Waals surface area (Å²) in [5, 5.41) is 0. The van der Waals surface area contributed by atoms with Gasteiger partial charge < -0.3 is 4.74 Å². The Kier molecular flexibility index (Phi) is 8.22. The topological polar surface area (TPSA) is 89.5 Å². The van der Waals surface area contributed by atoms with Crippen LogP contribution in [0.1, 0.15) is 23.7 Å². The third-order valence-corrected chi connectivity index (χ3v) is 6.10. The molecule has 0 heterocycles. The normalized spacial score (nSPS) is 13.5. The lowest BCUT2D eigenvalue weighted by Crippen LogP contribution is -2.44. The van der Waals surface area contributed by atoms with Gasteiger partial charge in [-0.05, 0) is 37.5 Å². The summed E-state index contributed by atoms with van der Waals surface area (Å²) in [6, 6.07) is 15.2. The number of nitrogens with one attached hydrogen (secondary N) is 1. The Morgan fingerprint density at radius 2 is 1.61 bits per heavy atom. The van der Waals surface area contributed by atoms with Gasteiger partial charge in [-0.25, -0.2) is 8.42 Å². The summed E-state index contributed by atoms with van der Waals surface area (Å²) in [7, 11) is -3.89. The summed E-state index contributed by atoms with van der Waals surface area (Å²) in [6.45, 7) is 1.48. The molecule has 2 rings (SSSR count). The average Bonchev–Trinajstić information content (AvgIpc) is 2.71. The van der Waals surface area contributed by atoms with Gasteiger partial charge in [0.2, 0.25) is 15.8 Å². The molecule has 0 bridgehead atoms. The molecule has 0 amide bonds. The predicted molar refractivity (Wildman–Crippen MR) is 110 cm³/mol. The van der Waals surface area contributed by atoms with Crippen LogP contribution >= 0.6 is 11.8 Å². The highest BCUT2D eigenvalue weighted by Crippen LogP contribution is 2.13. The van der Waals surface area contributed by atoms with Gasteiger partial charge in [0.15, 0.2) is 6.10 Å². The number of sulfonamides is 1. The summed E-state index contributed by atoms with van der Waals surface area (Å²) in [4.78, 5) is 25.1. The van der Waals surface area contributed by atoms with E-state index in [4.69, 9.17) is 4.74 Å². The number of hydrogen-bond acceptors (Lipinski definition) is 6. The van der Waals surface area contributed by atoms with Crippen molar-refractivity contribution in [2.75, 3.05) is 12.0 Å². The zero-order valence-corrected chi connectivity index (χ0v) is 17.3. The molecule has 0 radical (unpaired) electrons. The van der Waals surface area contributed by atoms with E-state index in [1.165, 1.54) is 30.8 Å². The Labute approximate surface area is 169 Å². The molecule has 0 fully saturated rings. The second-order valence-corrected chi connectivity index (χ2v) is 8.78. The SMILES string of the molecule is CSCCC(NS(=O)(=O)c1ccccc1)C(=O)OC(C)C(=O)c1ccccc1. The maximum absolute atomic E-state index is 12.6. The quantitative estimate of drug-likeness (QED) is 0.469. The molecule has 0 spiro atoms. The van der Waals surface area contributed by atoms with Crippen LogP contribution in [0.3, 0.4) is 0 Å². The molecule has 28 heavy (non-hydrogen) atoms. The van der Waals surface area contributed by atoms with E-state index in [9.17, 15) is 18.0 Å². The monoisotopic (exact) mass is 421 g/mol. The van der Waals surface area contributed by atoms with Gasteiger partial charge in [-0.15, -0.1) is 0 Å². The Morgan fingerprint density at radius 1 is 1.04 bits per heavy atom. The van der Waals surface area contributed by atoms with Crippen LogP contribution in [0.25, 0.3) is 0 Å². The number of benzene rings is 2. The Hall–Kier alpha value is -2.16. The molecule has 2 aromatic rings. The van der Waals surface area contributed by atoms with Crippen molar-refractivity contribution < 1.29 is 22.7 Å². The Morgan fingerprint density at radius 3 is 2.18 bits per heavy atom. The van der Waals surface area contributed by atoms with Crippen LogP contribution in [0.15, 0.2) is 65.6 Å². The number of Topliss-reactive ketones (excluding diaryl/α,β-unsaturated/α-hetero) is 1. The highest BCUT2D eigenvalue weighted by molar-refractivity contribution is 7.98. The number of ether oxygens (including phenoxy) is 1. The highest BCUT2D eigenvalue weighted by atomic mass is 32.2. The first-order valence-corrected chi connectivity index (χ1v) is 11.6. The van der Waals surface area contributed by atoms with E-state index in [0.29, 0.717) is 11.3 Å². The van der Waals surface area contributed by atoms with Gasteiger partial charge in [0.05, 0.1) is 4.90 Å². The van der Waals surface area contributed by atoms with Crippen molar-refractivity contribution in [2.24, 2.45) is 0 Å². The fourth-order valence-corrected chi connectivity index (χ4v) is 4.17. The van der Waals surface area contributed by atoms with Crippen LogP contribution < -0.4 is 4.72 Å². The van der Waals surface area contributed by atoms with E-state index in [-0.39, 0.29) is 17.1 Å². The molecule has 0 saturated carbocycles. The zero-order valence-electron chi connectivity index (χ0n) is 15.7. The number of carbonyl (C=O) groups excluding carboxylic acids is 2. The average molecular weight is 422 g/mol. The predicted octanol–water partition coefficient (Wildman–Crippen LogP) is 2.90. The van der Waals surface area contributed by atoms with Crippen LogP contribution in [0.5, 0.6) is 0 Å². The van der Waals surface area contributed by atoms with Crippen LogP contribution in [-0.4, -0.2) is 44.3 Å². The second kappa shape index (κ2) is 10.4. The van der Waals surface area contributed by atoms with Crippen molar-refractivity contribution in [1.82, 2.24) is 4.72 Å². The van der Waals surface area contributed by atoms with E-state index in [1.807, 2.05) is 6.26 Å². The first-order chi connectivity index (χ1) is 13.3. The second-order valence-electron chi connectivity index (χ2n) is 6.08. The van der Waals surface area contributed by atoms with Gasteiger partial charge in [-0.1, -0.05) is 48.5 Å². The van der Waals surface area contributed by atoms with Gasteiger partial charge in [-0.3, -0.25) is 9.59 Å².